The second kappa shape index (κ2) is 6.98. The van der Waals surface area contributed by atoms with Crippen molar-refractivity contribution in [2.45, 2.75) is 12.8 Å². The molecule has 2 N–H and O–H groups in total. The van der Waals surface area contributed by atoms with Gasteiger partial charge in [0, 0.05) is 26.2 Å². The van der Waals surface area contributed by atoms with E-state index in [0.717, 1.165) is 13.1 Å². The molecule has 0 atom stereocenters. The molecule has 0 amide bonds. The van der Waals surface area contributed by atoms with Crippen molar-refractivity contribution in [1.29, 1.82) is 0 Å². The topological polar surface area (TPSA) is 32.5 Å². The molecule has 1 saturated heterocycles. The molecule has 3 heteroatoms. The van der Waals surface area contributed by atoms with Crippen molar-refractivity contribution < 1.29 is 0 Å². The molecule has 1 fully saturated rings. The van der Waals surface area contributed by atoms with Gasteiger partial charge in [0.2, 0.25) is 0 Å². The maximum absolute atomic E-state index is 5.37. The number of likely N-dealkylation sites (N-methyl/N-ethyl adjacent to an activating group) is 1. The predicted molar refractivity (Wildman–Crippen MR) is 61.4 cm³/mol. The van der Waals surface area contributed by atoms with Gasteiger partial charge in [0.25, 0.3) is 0 Å². The Bertz CT molecular complexity index is 162. The fraction of sp³-hybridized carbons (Fsp3) is 0.818. The van der Waals surface area contributed by atoms with E-state index in [4.69, 9.17) is 5.73 Å². The lowest BCUT2D eigenvalue weighted by molar-refractivity contribution is 0.271. The number of nitrogens with two attached hydrogens (primary N) is 1. The molecule has 0 radical (unpaired) electrons. The number of nitrogens with zero attached hydrogens (tertiary/aromatic N) is 2. The Labute approximate surface area is 87.6 Å². The first-order chi connectivity index (χ1) is 6.83. The van der Waals surface area contributed by atoms with Crippen LogP contribution in [-0.4, -0.2) is 56.1 Å². The summed E-state index contributed by atoms with van der Waals surface area (Å²) in [5.74, 6) is 0. The minimum atomic E-state index is 0.653. The van der Waals surface area contributed by atoms with Crippen molar-refractivity contribution in [2.75, 3.05) is 46.3 Å². The second-order valence-corrected chi connectivity index (χ2v) is 4.02. The third-order valence-corrected chi connectivity index (χ3v) is 2.72. The maximum atomic E-state index is 5.37. The highest BCUT2D eigenvalue weighted by Crippen LogP contribution is 2.06. The summed E-state index contributed by atoms with van der Waals surface area (Å²) >= 11 is 0. The van der Waals surface area contributed by atoms with Crippen LogP contribution in [0.3, 0.4) is 0 Å². The molecular weight excluding hydrogens is 174 g/mol. The zero-order chi connectivity index (χ0) is 10.2. The van der Waals surface area contributed by atoms with Crippen molar-refractivity contribution in [3.63, 3.8) is 0 Å². The van der Waals surface area contributed by atoms with Crippen LogP contribution < -0.4 is 5.73 Å². The molecule has 3 nitrogen and oxygen atoms in total. The van der Waals surface area contributed by atoms with Gasteiger partial charge in [-0.25, -0.2) is 0 Å². The summed E-state index contributed by atoms with van der Waals surface area (Å²) < 4.78 is 0. The summed E-state index contributed by atoms with van der Waals surface area (Å²) in [5, 5.41) is 0. The van der Waals surface area contributed by atoms with Crippen LogP contribution in [0.4, 0.5) is 0 Å². The van der Waals surface area contributed by atoms with Gasteiger partial charge in [-0.15, -0.1) is 0 Å². The van der Waals surface area contributed by atoms with Gasteiger partial charge >= 0.3 is 0 Å². The van der Waals surface area contributed by atoms with E-state index in [0.29, 0.717) is 6.54 Å². The van der Waals surface area contributed by atoms with Crippen LogP contribution in [0, 0.1) is 0 Å². The van der Waals surface area contributed by atoms with Gasteiger partial charge in [0.15, 0.2) is 0 Å². The average molecular weight is 197 g/mol. The van der Waals surface area contributed by atoms with Gasteiger partial charge < -0.3 is 15.5 Å². The largest absolute Gasteiger partial charge is 0.327 e. The molecule has 0 aliphatic carbocycles. The first kappa shape index (κ1) is 11.7. The van der Waals surface area contributed by atoms with Gasteiger partial charge in [0.1, 0.15) is 0 Å². The Kier molecular flexibility index (Phi) is 5.83. The molecular formula is C11H23N3. The zero-order valence-electron chi connectivity index (χ0n) is 9.28. The summed E-state index contributed by atoms with van der Waals surface area (Å²) in [6, 6.07) is 0. The van der Waals surface area contributed by atoms with E-state index in [2.05, 4.69) is 22.9 Å². The smallest absolute Gasteiger partial charge is 0.0161 e. The van der Waals surface area contributed by atoms with Crippen molar-refractivity contribution in [3.8, 4) is 0 Å². The van der Waals surface area contributed by atoms with Crippen LogP contribution >= 0.6 is 0 Å². The molecule has 14 heavy (non-hydrogen) atoms. The van der Waals surface area contributed by atoms with Gasteiger partial charge in [-0.3, -0.25) is 0 Å². The number of hydrogen-bond donors (Lipinski definition) is 1. The first-order valence-electron chi connectivity index (χ1n) is 5.59. The van der Waals surface area contributed by atoms with E-state index in [1.807, 2.05) is 6.08 Å². The van der Waals surface area contributed by atoms with E-state index < -0.39 is 0 Å². The number of rotatable bonds is 6. The highest BCUT2D eigenvalue weighted by atomic mass is 15.2. The monoisotopic (exact) mass is 197 g/mol. The van der Waals surface area contributed by atoms with Crippen LogP contribution in [0.1, 0.15) is 12.8 Å². The first-order valence-corrected chi connectivity index (χ1v) is 5.59. The molecule has 1 heterocycles. The molecule has 0 aromatic rings. The van der Waals surface area contributed by atoms with Gasteiger partial charge in [-0.2, -0.15) is 0 Å². The summed E-state index contributed by atoms with van der Waals surface area (Å²) in [5.41, 5.74) is 5.37. The Morgan fingerprint density at radius 2 is 2.00 bits per heavy atom. The van der Waals surface area contributed by atoms with Gasteiger partial charge in [-0.1, -0.05) is 12.2 Å². The lowest BCUT2D eigenvalue weighted by Crippen LogP contribution is -2.31. The quantitative estimate of drug-likeness (QED) is 0.630. The minimum absolute atomic E-state index is 0.653. The van der Waals surface area contributed by atoms with E-state index >= 15 is 0 Å². The molecule has 82 valence electrons. The number of likely N-dealkylation sites (tertiary alicyclic amines) is 1. The van der Waals surface area contributed by atoms with Crippen molar-refractivity contribution in [3.05, 3.63) is 12.2 Å². The predicted octanol–water partition coefficient (Wildman–Crippen LogP) is 0.529. The van der Waals surface area contributed by atoms with E-state index in [9.17, 15) is 0 Å². The molecule has 0 saturated carbocycles. The minimum Gasteiger partial charge on any atom is -0.327 e. The Morgan fingerprint density at radius 3 is 2.64 bits per heavy atom. The zero-order valence-corrected chi connectivity index (χ0v) is 9.28. The molecule has 1 aliphatic rings. The molecule has 0 aromatic carbocycles. The lowest BCUT2D eigenvalue weighted by Gasteiger charge is -2.19. The van der Waals surface area contributed by atoms with Crippen LogP contribution in [0.15, 0.2) is 12.2 Å². The third-order valence-electron chi connectivity index (χ3n) is 2.72. The SMILES string of the molecule is CN(CC=CCN)CCN1CCCC1. The average Bonchev–Trinajstić information content (AvgIpc) is 2.68. The summed E-state index contributed by atoms with van der Waals surface area (Å²) in [7, 11) is 2.16. The van der Waals surface area contributed by atoms with E-state index in [-0.39, 0.29) is 0 Å². The van der Waals surface area contributed by atoms with Crippen LogP contribution in [-0.2, 0) is 0 Å². The van der Waals surface area contributed by atoms with E-state index in [1.165, 1.54) is 32.5 Å². The fourth-order valence-corrected chi connectivity index (χ4v) is 1.76. The van der Waals surface area contributed by atoms with Crippen LogP contribution in [0.2, 0.25) is 0 Å². The molecule has 0 aromatic heterocycles. The van der Waals surface area contributed by atoms with Crippen molar-refractivity contribution in [2.24, 2.45) is 5.73 Å². The highest BCUT2D eigenvalue weighted by Gasteiger charge is 2.10. The van der Waals surface area contributed by atoms with Crippen LogP contribution in [0.5, 0.6) is 0 Å². The molecule has 0 unspecified atom stereocenters. The van der Waals surface area contributed by atoms with Crippen LogP contribution in [0.25, 0.3) is 0 Å². The Hall–Kier alpha value is -0.380. The Balaban J connectivity index is 2.01. The molecule has 1 aliphatic heterocycles. The Morgan fingerprint density at radius 1 is 1.29 bits per heavy atom. The molecule has 0 bridgehead atoms. The normalized spacial score (nSPS) is 18.8. The molecule has 0 spiro atoms. The van der Waals surface area contributed by atoms with Gasteiger partial charge in [0.05, 0.1) is 0 Å². The summed E-state index contributed by atoms with van der Waals surface area (Å²) in [6.45, 7) is 6.64. The lowest BCUT2D eigenvalue weighted by atomic mass is 10.4. The summed E-state index contributed by atoms with van der Waals surface area (Å²) in [6.07, 6.45) is 6.93. The van der Waals surface area contributed by atoms with E-state index in [1.54, 1.807) is 0 Å². The van der Waals surface area contributed by atoms with Gasteiger partial charge in [-0.05, 0) is 33.0 Å². The molecule has 1 rings (SSSR count). The highest BCUT2D eigenvalue weighted by molar-refractivity contribution is 4.85. The second-order valence-electron chi connectivity index (χ2n) is 4.02. The van der Waals surface area contributed by atoms with Crippen molar-refractivity contribution in [1.82, 2.24) is 9.80 Å². The standard InChI is InChI=1S/C11H23N3/c1-13(7-3-2-6-12)10-11-14-8-4-5-9-14/h2-3H,4-12H2,1H3. The third kappa shape index (κ3) is 4.74. The number of hydrogen-bond acceptors (Lipinski definition) is 3. The summed E-state index contributed by atoms with van der Waals surface area (Å²) in [4.78, 5) is 4.88. The van der Waals surface area contributed by atoms with Crippen molar-refractivity contribution >= 4 is 0 Å². The maximum Gasteiger partial charge on any atom is 0.0161 e. The fourth-order valence-electron chi connectivity index (χ4n) is 1.76.